The number of halogens is 9. The van der Waals surface area contributed by atoms with Gasteiger partial charge in [-0.2, -0.15) is 0 Å². The molecule has 0 spiro atoms. The van der Waals surface area contributed by atoms with Gasteiger partial charge in [-0.3, -0.25) is 0 Å². The van der Waals surface area contributed by atoms with Crippen molar-refractivity contribution < 1.29 is 53.7 Å². The molecular weight excluding hydrogens is 389 g/mol. The van der Waals surface area contributed by atoms with Gasteiger partial charge in [0.15, 0.2) is 11.5 Å². The normalized spacial score (nSPS) is 17.0. The second-order valence-corrected chi connectivity index (χ2v) is 5.35. The lowest BCUT2D eigenvalue weighted by atomic mass is 10.0. The number of hydrogen-bond acceptors (Lipinski definition) is 4. The van der Waals surface area contributed by atoms with E-state index in [2.05, 4.69) is 14.2 Å². The van der Waals surface area contributed by atoms with Crippen LogP contribution in [0.3, 0.4) is 0 Å². The lowest BCUT2D eigenvalue weighted by Crippen LogP contribution is -2.25. The van der Waals surface area contributed by atoms with Crippen molar-refractivity contribution in [3.05, 3.63) is 17.7 Å². The van der Waals surface area contributed by atoms with Gasteiger partial charge in [0, 0.05) is 17.7 Å². The number of rotatable bonds is 5. The van der Waals surface area contributed by atoms with Gasteiger partial charge in [-0.25, -0.2) is 0 Å². The van der Waals surface area contributed by atoms with Gasteiger partial charge in [0.25, 0.3) is 0 Å². The Labute approximate surface area is 139 Å². The molecule has 2 N–H and O–H groups in total. The predicted molar refractivity (Wildman–Crippen MR) is 66.1 cm³/mol. The monoisotopic (exact) mass is 399 g/mol. The minimum atomic E-state index is -5.50. The van der Waals surface area contributed by atoms with Gasteiger partial charge in [-0.1, -0.05) is 0 Å². The SMILES string of the molecule is NC(c1cc(OC(F)(F)F)cc(OC(F)(F)F)c1OC(F)(F)F)C1CC1. The molecule has 1 aliphatic rings. The quantitative estimate of drug-likeness (QED) is 0.724. The Morgan fingerprint density at radius 3 is 1.73 bits per heavy atom. The first-order chi connectivity index (χ1) is 11.6. The van der Waals surface area contributed by atoms with Gasteiger partial charge < -0.3 is 19.9 Å². The topological polar surface area (TPSA) is 53.7 Å². The smallest absolute Gasteiger partial charge is 0.406 e. The van der Waals surface area contributed by atoms with Crippen molar-refractivity contribution in [3.63, 3.8) is 0 Å². The van der Waals surface area contributed by atoms with Crippen LogP contribution in [0.4, 0.5) is 39.5 Å². The molecule has 1 saturated carbocycles. The molecule has 1 fully saturated rings. The van der Waals surface area contributed by atoms with Crippen molar-refractivity contribution >= 4 is 0 Å². The van der Waals surface area contributed by atoms with Crippen LogP contribution in [0.25, 0.3) is 0 Å². The van der Waals surface area contributed by atoms with E-state index in [0.717, 1.165) is 0 Å². The molecule has 0 bridgehead atoms. The molecule has 1 aromatic rings. The van der Waals surface area contributed by atoms with E-state index in [1.54, 1.807) is 0 Å². The summed E-state index contributed by atoms with van der Waals surface area (Å²) in [7, 11) is 0. The average molecular weight is 399 g/mol. The first-order valence-corrected chi connectivity index (χ1v) is 6.85. The van der Waals surface area contributed by atoms with Crippen LogP contribution >= 0.6 is 0 Å². The molecule has 0 heterocycles. The predicted octanol–water partition coefficient (Wildman–Crippen LogP) is 4.79. The van der Waals surface area contributed by atoms with E-state index >= 15 is 0 Å². The van der Waals surface area contributed by atoms with E-state index in [9.17, 15) is 39.5 Å². The minimum absolute atomic E-state index is 0.00876. The van der Waals surface area contributed by atoms with Crippen molar-refractivity contribution in [2.45, 2.75) is 38.0 Å². The van der Waals surface area contributed by atoms with Gasteiger partial charge in [0.2, 0.25) is 0 Å². The molecule has 0 aliphatic heterocycles. The Kier molecular flexibility index (Phi) is 5.14. The maximum atomic E-state index is 12.6. The molecule has 2 rings (SSSR count). The fraction of sp³-hybridized carbons (Fsp3) is 0.538. The minimum Gasteiger partial charge on any atom is -0.406 e. The van der Waals surface area contributed by atoms with Gasteiger partial charge in [-0.05, 0) is 24.8 Å². The van der Waals surface area contributed by atoms with Crippen LogP contribution in [-0.2, 0) is 0 Å². The number of benzene rings is 1. The third-order valence-electron chi connectivity index (χ3n) is 3.22. The highest BCUT2D eigenvalue weighted by Crippen LogP contribution is 2.49. The van der Waals surface area contributed by atoms with Crippen LogP contribution < -0.4 is 19.9 Å². The zero-order valence-corrected chi connectivity index (χ0v) is 12.4. The summed E-state index contributed by atoms with van der Waals surface area (Å²) >= 11 is 0. The largest absolute Gasteiger partial charge is 0.573 e. The third-order valence-corrected chi connectivity index (χ3v) is 3.22. The molecule has 0 aromatic heterocycles. The Bertz CT molecular complexity index is 650. The Balaban J connectivity index is 2.58. The fourth-order valence-corrected chi connectivity index (χ4v) is 2.17. The van der Waals surface area contributed by atoms with Crippen LogP contribution in [-0.4, -0.2) is 19.1 Å². The summed E-state index contributed by atoms with van der Waals surface area (Å²) in [6.07, 6.45) is -15.4. The fourth-order valence-electron chi connectivity index (χ4n) is 2.17. The van der Waals surface area contributed by atoms with Crippen molar-refractivity contribution in [2.75, 3.05) is 0 Å². The Morgan fingerprint density at radius 1 is 0.808 bits per heavy atom. The molecule has 148 valence electrons. The second-order valence-electron chi connectivity index (χ2n) is 5.35. The van der Waals surface area contributed by atoms with E-state index in [0.29, 0.717) is 18.9 Å². The second kappa shape index (κ2) is 6.59. The molecule has 26 heavy (non-hydrogen) atoms. The lowest BCUT2D eigenvalue weighted by molar-refractivity contribution is -0.288. The summed E-state index contributed by atoms with van der Waals surface area (Å²) in [4.78, 5) is 0. The number of ether oxygens (including phenoxy) is 3. The number of alkyl halides is 9. The molecule has 0 radical (unpaired) electrons. The van der Waals surface area contributed by atoms with E-state index in [1.807, 2.05) is 0 Å². The molecular formula is C13H10F9NO3. The highest BCUT2D eigenvalue weighted by Gasteiger charge is 2.41. The van der Waals surface area contributed by atoms with Crippen LogP contribution in [0.1, 0.15) is 24.4 Å². The molecule has 1 aliphatic carbocycles. The van der Waals surface area contributed by atoms with Crippen LogP contribution in [0.5, 0.6) is 17.2 Å². The van der Waals surface area contributed by atoms with E-state index in [1.165, 1.54) is 0 Å². The zero-order chi connectivity index (χ0) is 19.9. The van der Waals surface area contributed by atoms with Crippen molar-refractivity contribution in [1.82, 2.24) is 0 Å². The lowest BCUT2D eigenvalue weighted by Gasteiger charge is -2.22. The maximum absolute atomic E-state index is 12.6. The zero-order valence-electron chi connectivity index (χ0n) is 12.4. The molecule has 1 aromatic carbocycles. The van der Waals surface area contributed by atoms with Gasteiger partial charge >= 0.3 is 19.1 Å². The summed E-state index contributed by atoms with van der Waals surface area (Å²) in [6, 6.07) is -0.869. The van der Waals surface area contributed by atoms with Gasteiger partial charge in [0.05, 0.1) is 0 Å². The van der Waals surface area contributed by atoms with Crippen LogP contribution in [0, 0.1) is 5.92 Å². The molecule has 4 nitrogen and oxygen atoms in total. The maximum Gasteiger partial charge on any atom is 0.573 e. The molecule has 0 saturated heterocycles. The van der Waals surface area contributed by atoms with Gasteiger partial charge in [-0.15, -0.1) is 39.5 Å². The summed E-state index contributed by atoms with van der Waals surface area (Å²) < 4.78 is 123. The van der Waals surface area contributed by atoms with Crippen molar-refractivity contribution in [1.29, 1.82) is 0 Å². The highest BCUT2D eigenvalue weighted by molar-refractivity contribution is 5.53. The summed E-state index contributed by atoms with van der Waals surface area (Å²) in [6.45, 7) is 0. The Morgan fingerprint density at radius 2 is 1.31 bits per heavy atom. The number of hydrogen-bond donors (Lipinski definition) is 1. The third kappa shape index (κ3) is 6.04. The first-order valence-electron chi connectivity index (χ1n) is 6.85. The highest BCUT2D eigenvalue weighted by atomic mass is 19.4. The van der Waals surface area contributed by atoms with E-state index in [-0.39, 0.29) is 6.07 Å². The average Bonchev–Trinajstić information content (AvgIpc) is 3.19. The molecule has 13 heteroatoms. The molecule has 1 atom stereocenters. The van der Waals surface area contributed by atoms with Gasteiger partial charge in [0.1, 0.15) is 5.75 Å². The summed E-state index contributed by atoms with van der Waals surface area (Å²) in [5.74, 6) is -4.77. The Hall–Kier alpha value is -2.05. The van der Waals surface area contributed by atoms with Crippen molar-refractivity contribution in [3.8, 4) is 17.2 Å². The standard InChI is InChI=1S/C13H10F9NO3/c14-11(15,16)24-6-3-7(9(23)5-1-2-5)10(26-13(20,21)22)8(4-6)25-12(17,18)19/h3-5,9H,1-2,23H2. The van der Waals surface area contributed by atoms with Crippen molar-refractivity contribution in [2.24, 2.45) is 11.7 Å². The van der Waals surface area contributed by atoms with E-state index in [4.69, 9.17) is 5.73 Å². The summed E-state index contributed by atoms with van der Waals surface area (Å²) in [5.41, 5.74) is 4.92. The molecule has 1 unspecified atom stereocenters. The summed E-state index contributed by atoms with van der Waals surface area (Å²) in [5, 5.41) is 0. The van der Waals surface area contributed by atoms with Crippen LogP contribution in [0.15, 0.2) is 12.1 Å². The van der Waals surface area contributed by atoms with Crippen LogP contribution in [0.2, 0.25) is 0 Å². The first kappa shape index (κ1) is 20.3. The number of nitrogens with two attached hydrogens (primary N) is 1. The molecule has 0 amide bonds. The van der Waals surface area contributed by atoms with E-state index < -0.39 is 53.9 Å².